The molecule has 0 heterocycles. The van der Waals surface area contributed by atoms with Gasteiger partial charge in [0.1, 0.15) is 0 Å². The summed E-state index contributed by atoms with van der Waals surface area (Å²) in [6.45, 7) is 12.1. The third-order valence-corrected chi connectivity index (χ3v) is 0.894. The quantitative estimate of drug-likeness (QED) is 0.681. The van der Waals surface area contributed by atoms with E-state index in [1.807, 2.05) is 27.7 Å². The summed E-state index contributed by atoms with van der Waals surface area (Å²) in [5, 5.41) is 7.94. The van der Waals surface area contributed by atoms with Crippen LogP contribution in [0.25, 0.3) is 10.6 Å². The molecule has 0 bridgehead atoms. The monoisotopic (exact) mass is 262 g/mol. The Kier molecular flexibility index (Phi) is 44.4. The molecule has 0 aliphatic rings. The Labute approximate surface area is 99.8 Å². The van der Waals surface area contributed by atoms with Crippen molar-refractivity contribution < 1.29 is 17.0 Å². The van der Waals surface area contributed by atoms with Crippen LogP contribution in [-0.2, 0) is 17.0 Å². The van der Waals surface area contributed by atoms with E-state index in [0.717, 1.165) is 26.2 Å². The molecule has 82 valence electrons. The zero-order valence-corrected chi connectivity index (χ0v) is 12.1. The van der Waals surface area contributed by atoms with E-state index in [-0.39, 0.29) is 0 Å². The van der Waals surface area contributed by atoms with Crippen LogP contribution < -0.4 is 0 Å². The van der Waals surface area contributed by atoms with Crippen molar-refractivity contribution in [3.8, 4) is 0 Å². The van der Waals surface area contributed by atoms with Crippen LogP contribution in [0.15, 0.2) is 0 Å². The Hall–Kier alpha value is 1.21. The fraction of sp³-hybridized carbons (Fsp3) is 1.00. The van der Waals surface area contributed by atoms with Crippen molar-refractivity contribution in [3.05, 3.63) is 10.6 Å². The molecule has 0 amide bonds. The first-order chi connectivity index (χ1) is 6.24. The Morgan fingerprint density at radius 1 is 0.769 bits per heavy atom. The molecular weight excluding hydrogens is 243 g/mol. The summed E-state index contributed by atoms with van der Waals surface area (Å²) in [7, 11) is 9.78. The van der Waals surface area contributed by atoms with E-state index >= 15 is 0 Å². The molecule has 2 nitrogen and oxygen atoms in total. The van der Waals surface area contributed by atoms with Gasteiger partial charge in [-0.1, -0.05) is 27.7 Å². The van der Waals surface area contributed by atoms with Gasteiger partial charge in [0.2, 0.25) is 0 Å². The Balaban J connectivity index is -0.000000120. The topological polar surface area (TPSA) is 28.2 Å². The van der Waals surface area contributed by atoms with Gasteiger partial charge in [0.05, 0.1) is 0 Å². The molecule has 13 heavy (non-hydrogen) atoms. The molecular formula is C8H20Cl2N2Ti-2. The van der Waals surface area contributed by atoms with Crippen LogP contribution in [0.1, 0.15) is 27.7 Å². The zero-order valence-electron chi connectivity index (χ0n) is 8.98. The van der Waals surface area contributed by atoms with Gasteiger partial charge < -0.3 is 10.6 Å². The molecule has 0 atom stereocenters. The number of hydrogen-bond acceptors (Lipinski definition) is 0. The van der Waals surface area contributed by atoms with Crippen molar-refractivity contribution in [2.24, 2.45) is 0 Å². The average Bonchev–Trinajstić information content (AvgIpc) is 2.09. The van der Waals surface area contributed by atoms with Crippen molar-refractivity contribution in [2.45, 2.75) is 27.7 Å². The maximum absolute atomic E-state index is 4.89. The summed E-state index contributed by atoms with van der Waals surface area (Å²) < 4.78 is 0. The van der Waals surface area contributed by atoms with Crippen LogP contribution in [-0.4, -0.2) is 26.2 Å². The first kappa shape index (κ1) is 19.7. The van der Waals surface area contributed by atoms with Gasteiger partial charge in [-0.2, -0.15) is 26.2 Å². The molecule has 0 radical (unpaired) electrons. The predicted molar refractivity (Wildman–Crippen MR) is 60.6 cm³/mol. The fourth-order valence-electron chi connectivity index (χ4n) is 0.447. The first-order valence-electron chi connectivity index (χ1n) is 4.47. The molecule has 5 heteroatoms. The van der Waals surface area contributed by atoms with E-state index in [4.69, 9.17) is 18.6 Å². The van der Waals surface area contributed by atoms with Crippen LogP contribution >= 0.6 is 18.6 Å². The van der Waals surface area contributed by atoms with Crippen LogP contribution in [0.5, 0.6) is 0 Å². The summed E-state index contributed by atoms with van der Waals surface area (Å²) in [5.41, 5.74) is 0. The second kappa shape index (κ2) is 29.2. The molecule has 0 aromatic carbocycles. The predicted octanol–water partition coefficient (Wildman–Crippen LogP) is 4.18. The summed E-state index contributed by atoms with van der Waals surface area (Å²) in [6.07, 6.45) is 0. The molecule has 0 aromatic heterocycles. The molecule has 0 unspecified atom stereocenters. The zero-order chi connectivity index (χ0) is 10.9. The number of hydrogen-bond donors (Lipinski definition) is 0. The SMILES string of the molecule is CC[N-]CC.CC[N-]CC.[Cl][Ti][Cl]. The third-order valence-electron chi connectivity index (χ3n) is 0.894. The van der Waals surface area contributed by atoms with Gasteiger partial charge in [-0.3, -0.25) is 0 Å². The van der Waals surface area contributed by atoms with Crippen molar-refractivity contribution in [3.63, 3.8) is 0 Å². The van der Waals surface area contributed by atoms with Gasteiger partial charge in [-0.25, -0.2) is 0 Å². The Morgan fingerprint density at radius 2 is 0.923 bits per heavy atom. The summed E-state index contributed by atoms with van der Waals surface area (Å²) >= 11 is -0.556. The van der Waals surface area contributed by atoms with Crippen LogP contribution in [0, 0.1) is 0 Å². The number of nitrogens with zero attached hydrogens (tertiary/aromatic N) is 2. The van der Waals surface area contributed by atoms with Gasteiger partial charge in [-0.15, -0.1) is 0 Å². The van der Waals surface area contributed by atoms with Crippen LogP contribution in [0.3, 0.4) is 0 Å². The van der Waals surface area contributed by atoms with E-state index in [9.17, 15) is 0 Å². The van der Waals surface area contributed by atoms with E-state index in [2.05, 4.69) is 10.6 Å². The van der Waals surface area contributed by atoms with Crippen LogP contribution in [0.2, 0.25) is 0 Å². The molecule has 0 spiro atoms. The number of rotatable bonds is 4. The van der Waals surface area contributed by atoms with Gasteiger partial charge in [-0.05, 0) is 0 Å². The van der Waals surface area contributed by atoms with E-state index in [1.54, 1.807) is 0 Å². The molecule has 0 aromatic rings. The van der Waals surface area contributed by atoms with Crippen molar-refractivity contribution in [1.29, 1.82) is 0 Å². The summed E-state index contributed by atoms with van der Waals surface area (Å²) in [4.78, 5) is 0. The van der Waals surface area contributed by atoms with E-state index in [0.29, 0.717) is 0 Å². The standard InChI is InChI=1S/2C4H10N.2ClH.Ti/c2*1-3-5-4-2;;;/h2*3-4H2,1-2H3;2*1H;/q2*-1;;;+2/p-2. The molecule has 0 N–H and O–H groups in total. The maximum atomic E-state index is 4.89. The van der Waals surface area contributed by atoms with E-state index in [1.165, 1.54) is 0 Å². The molecule has 0 saturated heterocycles. The van der Waals surface area contributed by atoms with Gasteiger partial charge >= 0.3 is 35.6 Å². The Morgan fingerprint density at radius 3 is 0.923 bits per heavy atom. The summed E-state index contributed by atoms with van der Waals surface area (Å²) in [5.74, 6) is 0. The third kappa shape index (κ3) is 61.1. The second-order valence-electron chi connectivity index (χ2n) is 1.78. The minimum absolute atomic E-state index is 0.556. The molecule has 0 aliphatic carbocycles. The molecule has 0 rings (SSSR count). The van der Waals surface area contributed by atoms with Crippen molar-refractivity contribution >= 4 is 18.6 Å². The molecule has 0 saturated carbocycles. The summed E-state index contributed by atoms with van der Waals surface area (Å²) in [6, 6.07) is 0. The van der Waals surface area contributed by atoms with Crippen molar-refractivity contribution in [1.82, 2.24) is 0 Å². The van der Waals surface area contributed by atoms with E-state index < -0.39 is 17.0 Å². The van der Waals surface area contributed by atoms with Crippen LogP contribution in [0.4, 0.5) is 0 Å². The van der Waals surface area contributed by atoms with Gasteiger partial charge in [0.25, 0.3) is 0 Å². The van der Waals surface area contributed by atoms with Gasteiger partial charge in [0, 0.05) is 0 Å². The minimum atomic E-state index is -0.556. The molecule has 0 fully saturated rings. The Bertz CT molecular complexity index is 49.4. The number of halogens is 2. The molecule has 0 aliphatic heterocycles. The normalized spacial score (nSPS) is 7.54. The fourth-order valence-corrected chi connectivity index (χ4v) is 0.447. The first-order valence-corrected chi connectivity index (χ1v) is 8.77. The average molecular weight is 263 g/mol. The second-order valence-corrected chi connectivity index (χ2v) is 4.36. The van der Waals surface area contributed by atoms with Gasteiger partial charge in [0.15, 0.2) is 0 Å². The van der Waals surface area contributed by atoms with Crippen molar-refractivity contribution in [2.75, 3.05) is 26.2 Å².